The number of hydrogen-bond donors (Lipinski definition) is 1. The molecule has 2 rings (SSSR count). The molecule has 2 nitrogen and oxygen atoms in total. The highest BCUT2D eigenvalue weighted by Crippen LogP contribution is 2.43. The summed E-state index contributed by atoms with van der Waals surface area (Å²) >= 11 is 0. The Balaban J connectivity index is 2.32. The second kappa shape index (κ2) is 11.3. The predicted octanol–water partition coefficient (Wildman–Crippen LogP) is 6.90. The van der Waals surface area contributed by atoms with Crippen LogP contribution in [0.5, 0.6) is 0 Å². The SMILES string of the molecule is C/C=C\C[C@@H](CCO[Si](C)(C)C(C)(C)C)CC(C)(C)[Si](O)(c1ccccc1)c1ccccc1. The molecule has 4 heteroatoms. The summed E-state index contributed by atoms with van der Waals surface area (Å²) in [4.78, 5) is 12.5. The molecule has 2 aromatic carbocycles. The molecule has 0 aliphatic rings. The van der Waals surface area contributed by atoms with Crippen molar-refractivity contribution in [3.8, 4) is 0 Å². The first-order chi connectivity index (χ1) is 15.3. The molecule has 0 radical (unpaired) electrons. The van der Waals surface area contributed by atoms with Gasteiger partial charge in [-0.15, -0.1) is 0 Å². The van der Waals surface area contributed by atoms with Crippen LogP contribution in [0.3, 0.4) is 0 Å². The van der Waals surface area contributed by atoms with Gasteiger partial charge in [-0.25, -0.2) is 0 Å². The van der Waals surface area contributed by atoms with E-state index in [1.165, 1.54) is 0 Å². The minimum atomic E-state index is -2.99. The van der Waals surface area contributed by atoms with Crippen LogP contribution in [0.25, 0.3) is 0 Å². The maximum atomic E-state index is 12.5. The maximum Gasteiger partial charge on any atom is 0.258 e. The lowest BCUT2D eigenvalue weighted by Crippen LogP contribution is -2.65. The third kappa shape index (κ3) is 6.78. The number of hydrogen-bond acceptors (Lipinski definition) is 2. The van der Waals surface area contributed by atoms with Gasteiger partial charge in [0.25, 0.3) is 8.32 Å². The molecule has 0 unspecified atom stereocenters. The first-order valence-electron chi connectivity index (χ1n) is 12.4. The quantitative estimate of drug-likeness (QED) is 0.279. The van der Waals surface area contributed by atoms with Crippen molar-refractivity contribution in [2.45, 2.75) is 84.0 Å². The highest BCUT2D eigenvalue weighted by atomic mass is 28.4. The largest absolute Gasteiger partial charge is 0.424 e. The van der Waals surface area contributed by atoms with Crippen molar-refractivity contribution in [2.75, 3.05) is 6.61 Å². The van der Waals surface area contributed by atoms with Crippen LogP contribution in [0.1, 0.15) is 60.8 Å². The van der Waals surface area contributed by atoms with Gasteiger partial charge in [0.2, 0.25) is 0 Å². The molecule has 0 spiro atoms. The monoisotopic (exact) mass is 482 g/mol. The number of allylic oxidation sites excluding steroid dienone is 2. The summed E-state index contributed by atoms with van der Waals surface area (Å²) in [6.45, 7) is 19.0. The molecule has 1 N–H and O–H groups in total. The van der Waals surface area contributed by atoms with Crippen molar-refractivity contribution in [2.24, 2.45) is 5.92 Å². The summed E-state index contributed by atoms with van der Waals surface area (Å²) in [5.41, 5.74) is 0. The second-order valence-electron chi connectivity index (χ2n) is 11.6. The van der Waals surface area contributed by atoms with Gasteiger partial charge in [-0.3, -0.25) is 0 Å². The van der Waals surface area contributed by atoms with Crippen LogP contribution in [0, 0.1) is 5.92 Å². The predicted molar refractivity (Wildman–Crippen MR) is 149 cm³/mol. The molecule has 0 aromatic heterocycles. The lowest BCUT2D eigenvalue weighted by Gasteiger charge is -2.43. The summed E-state index contributed by atoms with van der Waals surface area (Å²) in [5.74, 6) is 0.465. The number of rotatable bonds is 11. The van der Waals surface area contributed by atoms with E-state index < -0.39 is 16.6 Å². The van der Waals surface area contributed by atoms with E-state index in [9.17, 15) is 4.80 Å². The van der Waals surface area contributed by atoms with Gasteiger partial charge in [-0.1, -0.05) is 107 Å². The average molecular weight is 483 g/mol. The fourth-order valence-electron chi connectivity index (χ4n) is 4.51. The fraction of sp³-hybridized carbons (Fsp3) is 0.517. The molecule has 2 aromatic rings. The van der Waals surface area contributed by atoms with E-state index in [0.717, 1.165) is 36.2 Å². The smallest absolute Gasteiger partial charge is 0.258 e. The van der Waals surface area contributed by atoms with Gasteiger partial charge < -0.3 is 9.22 Å². The molecule has 1 atom stereocenters. The molecule has 0 fully saturated rings. The summed E-state index contributed by atoms with van der Waals surface area (Å²) in [7, 11) is -4.76. The van der Waals surface area contributed by atoms with Gasteiger partial charge >= 0.3 is 0 Å². The molecule has 0 heterocycles. The molecular formula is C29H46O2Si2. The summed E-state index contributed by atoms with van der Waals surface area (Å²) in [5, 5.41) is 2.16. The van der Waals surface area contributed by atoms with E-state index in [0.29, 0.717) is 5.92 Å². The van der Waals surface area contributed by atoms with Gasteiger partial charge in [0.05, 0.1) is 0 Å². The second-order valence-corrected chi connectivity index (χ2v) is 20.3. The normalized spacial score (nSPS) is 14.6. The Labute approximate surface area is 205 Å². The summed E-state index contributed by atoms with van der Waals surface area (Å²) in [6.07, 6.45) is 7.43. The van der Waals surface area contributed by atoms with Crippen LogP contribution in [0.15, 0.2) is 72.8 Å². The van der Waals surface area contributed by atoms with Crippen molar-refractivity contribution >= 4 is 27.0 Å². The van der Waals surface area contributed by atoms with Gasteiger partial charge in [-0.05, 0) is 65.6 Å². The van der Waals surface area contributed by atoms with Crippen LogP contribution < -0.4 is 10.4 Å². The van der Waals surface area contributed by atoms with Crippen molar-refractivity contribution < 1.29 is 9.22 Å². The lowest BCUT2D eigenvalue weighted by molar-refractivity contribution is 0.241. The third-order valence-corrected chi connectivity index (χ3v) is 16.7. The van der Waals surface area contributed by atoms with Gasteiger partial charge in [0.1, 0.15) is 0 Å². The molecule has 0 saturated heterocycles. The van der Waals surface area contributed by atoms with Gasteiger partial charge in [0, 0.05) is 6.61 Å². The van der Waals surface area contributed by atoms with Crippen molar-refractivity contribution in [1.29, 1.82) is 0 Å². The minimum Gasteiger partial charge on any atom is -0.424 e. The highest BCUT2D eigenvalue weighted by molar-refractivity contribution is 6.98. The summed E-state index contributed by atoms with van der Waals surface area (Å²) in [6, 6.07) is 20.7. The molecule has 33 heavy (non-hydrogen) atoms. The van der Waals surface area contributed by atoms with E-state index in [-0.39, 0.29) is 10.1 Å². The zero-order valence-electron chi connectivity index (χ0n) is 22.2. The molecule has 0 aliphatic heterocycles. The minimum absolute atomic E-state index is 0.221. The van der Waals surface area contributed by atoms with Crippen LogP contribution in [-0.4, -0.2) is 28.0 Å². The standard InChI is InChI=1S/C29H46O2Si2/c1-9-10-17-25(22-23-31-32(7,8)28(2,3)4)24-29(5,6)33(30,26-18-13-11-14-19-26)27-20-15-12-16-21-27/h9-16,18-21,25,30H,17,22-24H2,1-8H3/b10-9-/t25-/m0/s1. The van der Waals surface area contributed by atoms with Crippen LogP contribution >= 0.6 is 0 Å². The molecular weight excluding hydrogens is 436 g/mol. The van der Waals surface area contributed by atoms with Crippen LogP contribution in [0.2, 0.25) is 23.2 Å². The molecule has 0 bridgehead atoms. The molecule has 0 saturated carbocycles. The summed E-state index contributed by atoms with van der Waals surface area (Å²) < 4.78 is 6.54. The van der Waals surface area contributed by atoms with Gasteiger partial charge in [0.15, 0.2) is 8.32 Å². The van der Waals surface area contributed by atoms with Crippen molar-refractivity contribution in [3.63, 3.8) is 0 Å². The molecule has 0 amide bonds. The topological polar surface area (TPSA) is 29.5 Å². The Morgan fingerprint density at radius 2 is 1.36 bits per heavy atom. The molecule has 0 aliphatic carbocycles. The lowest BCUT2D eigenvalue weighted by atomic mass is 9.90. The van der Waals surface area contributed by atoms with Crippen LogP contribution in [0.4, 0.5) is 0 Å². The van der Waals surface area contributed by atoms with Crippen molar-refractivity contribution in [1.82, 2.24) is 0 Å². The Kier molecular flexibility index (Phi) is 9.52. The zero-order valence-corrected chi connectivity index (χ0v) is 24.2. The van der Waals surface area contributed by atoms with Crippen LogP contribution in [-0.2, 0) is 4.43 Å². The van der Waals surface area contributed by atoms with E-state index >= 15 is 0 Å². The zero-order chi connectivity index (χ0) is 24.8. The van der Waals surface area contributed by atoms with E-state index in [2.05, 4.69) is 115 Å². The fourth-order valence-corrected chi connectivity index (χ4v) is 9.40. The third-order valence-electron chi connectivity index (χ3n) is 7.66. The molecule has 182 valence electrons. The Morgan fingerprint density at radius 1 is 0.879 bits per heavy atom. The highest BCUT2D eigenvalue weighted by Gasteiger charge is 2.50. The first-order valence-corrected chi connectivity index (χ1v) is 17.3. The maximum absolute atomic E-state index is 12.5. The average Bonchev–Trinajstić information content (AvgIpc) is 2.76. The Hall–Kier alpha value is -1.47. The first kappa shape index (κ1) is 27.8. The Morgan fingerprint density at radius 3 is 1.79 bits per heavy atom. The van der Waals surface area contributed by atoms with E-state index in [4.69, 9.17) is 4.43 Å². The van der Waals surface area contributed by atoms with Crippen molar-refractivity contribution in [3.05, 3.63) is 72.8 Å². The van der Waals surface area contributed by atoms with Gasteiger partial charge in [-0.2, -0.15) is 0 Å². The number of benzene rings is 2. The van der Waals surface area contributed by atoms with E-state index in [1.54, 1.807) is 0 Å². The Bertz CT molecular complexity index is 828. The van der Waals surface area contributed by atoms with E-state index in [1.807, 2.05) is 12.1 Å².